The number of hydrogen-bond donors (Lipinski definition) is 1. The standard InChI is InChI=1S/C19H22FN3O2/c20-17-6-1-4-15(10-17)13-23(14-18-7-3-9-25-18)19(24)22-12-16-5-2-8-21-11-16/h1-2,4-6,8,10-11,18H,3,7,9,12-14H2,(H,22,24). The van der Waals surface area contributed by atoms with Crippen molar-refractivity contribution < 1.29 is 13.9 Å². The van der Waals surface area contributed by atoms with E-state index < -0.39 is 0 Å². The van der Waals surface area contributed by atoms with Crippen molar-refractivity contribution in [2.75, 3.05) is 13.2 Å². The predicted molar refractivity (Wildman–Crippen MR) is 92.3 cm³/mol. The minimum absolute atomic E-state index is 0.0395. The lowest BCUT2D eigenvalue weighted by atomic mass is 10.2. The van der Waals surface area contributed by atoms with Crippen molar-refractivity contribution in [2.24, 2.45) is 0 Å². The van der Waals surface area contributed by atoms with Gasteiger partial charge >= 0.3 is 6.03 Å². The van der Waals surface area contributed by atoms with Gasteiger partial charge in [0.1, 0.15) is 5.82 Å². The summed E-state index contributed by atoms with van der Waals surface area (Å²) in [6, 6.07) is 9.88. The Morgan fingerprint density at radius 3 is 2.92 bits per heavy atom. The van der Waals surface area contributed by atoms with Crippen LogP contribution in [0.3, 0.4) is 0 Å². The monoisotopic (exact) mass is 343 g/mol. The number of nitrogens with one attached hydrogen (secondary N) is 1. The van der Waals surface area contributed by atoms with E-state index in [0.717, 1.165) is 30.6 Å². The number of hydrogen-bond acceptors (Lipinski definition) is 3. The zero-order valence-electron chi connectivity index (χ0n) is 14.0. The van der Waals surface area contributed by atoms with Gasteiger partial charge in [-0.1, -0.05) is 18.2 Å². The molecule has 5 nitrogen and oxygen atoms in total. The number of halogens is 1. The summed E-state index contributed by atoms with van der Waals surface area (Å²) in [7, 11) is 0. The molecule has 2 heterocycles. The number of rotatable bonds is 6. The summed E-state index contributed by atoms with van der Waals surface area (Å²) in [5.41, 5.74) is 1.69. The molecule has 1 saturated heterocycles. The lowest BCUT2D eigenvalue weighted by molar-refractivity contribution is 0.0794. The summed E-state index contributed by atoms with van der Waals surface area (Å²) in [6.07, 6.45) is 5.40. The molecule has 132 valence electrons. The van der Waals surface area contributed by atoms with Crippen LogP contribution in [0.1, 0.15) is 24.0 Å². The van der Waals surface area contributed by atoms with Crippen LogP contribution in [0.2, 0.25) is 0 Å². The van der Waals surface area contributed by atoms with Gasteiger partial charge in [0.25, 0.3) is 0 Å². The molecule has 0 bridgehead atoms. The molecular weight excluding hydrogens is 321 g/mol. The largest absolute Gasteiger partial charge is 0.376 e. The minimum atomic E-state index is -0.301. The first kappa shape index (κ1) is 17.4. The first-order valence-electron chi connectivity index (χ1n) is 8.48. The minimum Gasteiger partial charge on any atom is -0.376 e. The molecule has 0 radical (unpaired) electrons. The maximum atomic E-state index is 13.4. The summed E-state index contributed by atoms with van der Waals surface area (Å²) >= 11 is 0. The first-order chi connectivity index (χ1) is 12.2. The average molecular weight is 343 g/mol. The van der Waals surface area contributed by atoms with E-state index in [-0.39, 0.29) is 18.0 Å². The summed E-state index contributed by atoms with van der Waals surface area (Å²) < 4.78 is 19.1. The molecule has 25 heavy (non-hydrogen) atoms. The van der Waals surface area contributed by atoms with Gasteiger partial charge in [-0.05, 0) is 42.2 Å². The molecule has 0 spiro atoms. The van der Waals surface area contributed by atoms with Crippen molar-refractivity contribution in [1.82, 2.24) is 15.2 Å². The maximum Gasteiger partial charge on any atom is 0.318 e. The van der Waals surface area contributed by atoms with E-state index in [0.29, 0.717) is 19.6 Å². The lowest BCUT2D eigenvalue weighted by Crippen LogP contribution is -2.43. The molecule has 2 amide bonds. The zero-order valence-corrected chi connectivity index (χ0v) is 14.0. The molecule has 1 N–H and O–H groups in total. The second kappa shape index (κ2) is 8.58. The number of ether oxygens (including phenoxy) is 1. The van der Waals surface area contributed by atoms with Gasteiger partial charge in [-0.15, -0.1) is 0 Å². The Bertz CT molecular complexity index is 690. The predicted octanol–water partition coefficient (Wildman–Crippen LogP) is 3.11. The van der Waals surface area contributed by atoms with Crippen LogP contribution < -0.4 is 5.32 Å². The topological polar surface area (TPSA) is 54.5 Å². The van der Waals surface area contributed by atoms with Gasteiger partial charge in [-0.2, -0.15) is 0 Å². The zero-order chi connectivity index (χ0) is 17.5. The number of nitrogens with zero attached hydrogens (tertiary/aromatic N) is 2. The highest BCUT2D eigenvalue weighted by atomic mass is 19.1. The van der Waals surface area contributed by atoms with Gasteiger partial charge in [0.15, 0.2) is 0 Å². The second-order valence-corrected chi connectivity index (χ2v) is 6.17. The van der Waals surface area contributed by atoms with Crippen LogP contribution in [-0.2, 0) is 17.8 Å². The van der Waals surface area contributed by atoms with E-state index in [1.54, 1.807) is 23.4 Å². The fraction of sp³-hybridized carbons (Fsp3) is 0.368. The van der Waals surface area contributed by atoms with Crippen LogP contribution in [0, 0.1) is 5.82 Å². The van der Waals surface area contributed by atoms with Crippen LogP contribution in [0.5, 0.6) is 0 Å². The van der Waals surface area contributed by atoms with E-state index in [2.05, 4.69) is 10.3 Å². The number of carbonyl (C=O) groups is 1. The molecule has 6 heteroatoms. The Balaban J connectivity index is 1.64. The van der Waals surface area contributed by atoms with Crippen molar-refractivity contribution in [2.45, 2.75) is 32.0 Å². The molecule has 1 unspecified atom stereocenters. The summed E-state index contributed by atoms with van der Waals surface area (Å²) in [5.74, 6) is -0.301. The van der Waals surface area contributed by atoms with Crippen LogP contribution in [0.4, 0.5) is 9.18 Å². The average Bonchev–Trinajstić information content (AvgIpc) is 3.13. The maximum absolute atomic E-state index is 13.4. The van der Waals surface area contributed by atoms with E-state index >= 15 is 0 Å². The van der Waals surface area contributed by atoms with E-state index in [9.17, 15) is 9.18 Å². The fourth-order valence-corrected chi connectivity index (χ4v) is 2.90. The molecule has 1 aromatic carbocycles. The number of carbonyl (C=O) groups excluding carboxylic acids is 1. The van der Waals surface area contributed by atoms with Gasteiger partial charge < -0.3 is 15.0 Å². The van der Waals surface area contributed by atoms with Gasteiger partial charge in [0.05, 0.1) is 6.10 Å². The first-order valence-corrected chi connectivity index (χ1v) is 8.48. The van der Waals surface area contributed by atoms with E-state index in [1.165, 1.54) is 12.1 Å². The van der Waals surface area contributed by atoms with Crippen LogP contribution in [0.15, 0.2) is 48.8 Å². The number of benzene rings is 1. The number of pyridine rings is 1. The van der Waals surface area contributed by atoms with Crippen molar-refractivity contribution in [3.63, 3.8) is 0 Å². The number of amides is 2. The molecule has 1 aliphatic rings. The number of urea groups is 1. The van der Waals surface area contributed by atoms with Crippen molar-refractivity contribution >= 4 is 6.03 Å². The highest BCUT2D eigenvalue weighted by molar-refractivity contribution is 5.74. The Kier molecular flexibility index (Phi) is 5.95. The summed E-state index contributed by atoms with van der Waals surface area (Å²) in [5, 5.41) is 2.91. The molecule has 2 aromatic rings. The lowest BCUT2D eigenvalue weighted by Gasteiger charge is -2.26. The van der Waals surface area contributed by atoms with Crippen molar-refractivity contribution in [1.29, 1.82) is 0 Å². The number of aromatic nitrogens is 1. The summed E-state index contributed by atoms with van der Waals surface area (Å²) in [6.45, 7) is 1.97. The summed E-state index contributed by atoms with van der Waals surface area (Å²) in [4.78, 5) is 18.4. The van der Waals surface area contributed by atoms with Crippen LogP contribution in [-0.4, -0.2) is 35.2 Å². The van der Waals surface area contributed by atoms with E-state index in [1.807, 2.05) is 18.2 Å². The van der Waals surface area contributed by atoms with Crippen LogP contribution in [0.25, 0.3) is 0 Å². The molecule has 1 aliphatic heterocycles. The third kappa shape index (κ3) is 5.26. The third-order valence-electron chi connectivity index (χ3n) is 4.16. The van der Waals surface area contributed by atoms with Crippen molar-refractivity contribution in [3.8, 4) is 0 Å². The smallest absolute Gasteiger partial charge is 0.318 e. The highest BCUT2D eigenvalue weighted by Gasteiger charge is 2.22. The van der Waals surface area contributed by atoms with Gasteiger partial charge in [0, 0.05) is 38.6 Å². The third-order valence-corrected chi connectivity index (χ3v) is 4.16. The van der Waals surface area contributed by atoms with Crippen LogP contribution >= 0.6 is 0 Å². The molecule has 0 aliphatic carbocycles. The molecule has 3 rings (SSSR count). The Hall–Kier alpha value is -2.47. The van der Waals surface area contributed by atoms with E-state index in [4.69, 9.17) is 4.74 Å². The Morgan fingerprint density at radius 2 is 2.20 bits per heavy atom. The van der Waals surface area contributed by atoms with Gasteiger partial charge in [-0.25, -0.2) is 9.18 Å². The quantitative estimate of drug-likeness (QED) is 0.877. The Morgan fingerprint density at radius 1 is 1.32 bits per heavy atom. The second-order valence-electron chi connectivity index (χ2n) is 6.17. The molecule has 1 aromatic heterocycles. The van der Waals surface area contributed by atoms with Crippen molar-refractivity contribution in [3.05, 3.63) is 65.7 Å². The molecule has 1 atom stereocenters. The Labute approximate surface area is 146 Å². The highest BCUT2D eigenvalue weighted by Crippen LogP contribution is 2.16. The molecule has 1 fully saturated rings. The molecule has 0 saturated carbocycles. The normalized spacial score (nSPS) is 16.6. The molecular formula is C19H22FN3O2. The fourth-order valence-electron chi connectivity index (χ4n) is 2.90. The van der Waals surface area contributed by atoms with Gasteiger partial charge in [-0.3, -0.25) is 4.98 Å². The SMILES string of the molecule is O=C(NCc1cccnc1)N(Cc1cccc(F)c1)CC1CCCO1. The van der Waals surface area contributed by atoms with Gasteiger partial charge in [0.2, 0.25) is 0 Å².